The van der Waals surface area contributed by atoms with E-state index in [1.807, 2.05) is 59.5 Å². The first-order valence-corrected chi connectivity index (χ1v) is 9.48. The number of ether oxygens (including phenoxy) is 1. The number of amides is 1. The molecule has 2 unspecified atom stereocenters. The van der Waals surface area contributed by atoms with Gasteiger partial charge in [-0.1, -0.05) is 60.7 Å². The molecule has 138 valence electrons. The first-order chi connectivity index (χ1) is 13.2. The van der Waals surface area contributed by atoms with E-state index in [0.717, 1.165) is 18.5 Å². The van der Waals surface area contributed by atoms with Gasteiger partial charge in [0.15, 0.2) is 0 Å². The number of allylic oxidation sites excluding steroid dienone is 2. The Morgan fingerprint density at radius 3 is 2.48 bits per heavy atom. The van der Waals surface area contributed by atoms with Crippen LogP contribution in [0, 0.1) is 17.8 Å². The molecule has 2 aromatic carbocycles. The molecule has 1 aliphatic carbocycles. The van der Waals surface area contributed by atoms with E-state index in [9.17, 15) is 9.59 Å². The van der Waals surface area contributed by atoms with Crippen LogP contribution < -0.4 is 4.74 Å². The maximum absolute atomic E-state index is 13.2. The Kier molecular flexibility index (Phi) is 5.05. The fourth-order valence-corrected chi connectivity index (χ4v) is 4.11. The first-order valence-electron chi connectivity index (χ1n) is 9.48. The number of benzene rings is 2. The molecule has 1 aliphatic heterocycles. The molecule has 0 saturated carbocycles. The largest absolute Gasteiger partial charge is 0.426 e. The molecule has 2 aliphatic rings. The Labute approximate surface area is 159 Å². The zero-order valence-corrected chi connectivity index (χ0v) is 15.2. The maximum Gasteiger partial charge on any atom is 0.315 e. The zero-order chi connectivity index (χ0) is 18.6. The van der Waals surface area contributed by atoms with Crippen molar-refractivity contribution in [2.75, 3.05) is 6.54 Å². The molecule has 0 radical (unpaired) electrons. The summed E-state index contributed by atoms with van der Waals surface area (Å²) in [5.74, 6) is -0.357. The van der Waals surface area contributed by atoms with Crippen molar-refractivity contribution >= 4 is 11.9 Å². The van der Waals surface area contributed by atoms with Gasteiger partial charge in [-0.3, -0.25) is 9.59 Å². The third-order valence-corrected chi connectivity index (χ3v) is 5.48. The minimum absolute atomic E-state index is 0.0643. The minimum Gasteiger partial charge on any atom is -0.426 e. The molecule has 1 heterocycles. The Morgan fingerprint density at radius 1 is 1.04 bits per heavy atom. The van der Waals surface area contributed by atoms with E-state index in [-0.39, 0.29) is 23.7 Å². The summed E-state index contributed by atoms with van der Waals surface area (Å²) in [4.78, 5) is 27.9. The van der Waals surface area contributed by atoms with Crippen LogP contribution >= 0.6 is 0 Å². The summed E-state index contributed by atoms with van der Waals surface area (Å²) in [5, 5.41) is 0. The number of carbonyl (C=O) groups excluding carboxylic acids is 2. The Balaban J connectivity index is 1.51. The van der Waals surface area contributed by atoms with Crippen LogP contribution in [0.4, 0.5) is 0 Å². The van der Waals surface area contributed by atoms with Crippen molar-refractivity contribution in [3.05, 3.63) is 78.4 Å². The second-order valence-electron chi connectivity index (χ2n) is 7.23. The van der Waals surface area contributed by atoms with Gasteiger partial charge in [0, 0.05) is 13.1 Å². The first kappa shape index (κ1) is 17.5. The fraction of sp³-hybridized carbons (Fsp3) is 0.304. The van der Waals surface area contributed by atoms with Gasteiger partial charge in [-0.05, 0) is 36.5 Å². The molecule has 27 heavy (non-hydrogen) atoms. The van der Waals surface area contributed by atoms with Gasteiger partial charge < -0.3 is 9.64 Å². The molecule has 4 heteroatoms. The van der Waals surface area contributed by atoms with E-state index in [2.05, 4.69) is 6.08 Å². The van der Waals surface area contributed by atoms with Gasteiger partial charge in [-0.25, -0.2) is 0 Å². The third-order valence-electron chi connectivity index (χ3n) is 5.48. The van der Waals surface area contributed by atoms with Gasteiger partial charge in [-0.15, -0.1) is 0 Å². The van der Waals surface area contributed by atoms with Crippen LogP contribution in [-0.2, 0) is 16.1 Å². The van der Waals surface area contributed by atoms with Crippen molar-refractivity contribution in [1.29, 1.82) is 0 Å². The van der Waals surface area contributed by atoms with Crippen LogP contribution in [0.2, 0.25) is 0 Å². The van der Waals surface area contributed by atoms with Gasteiger partial charge in [0.25, 0.3) is 0 Å². The minimum atomic E-state index is -0.425. The Morgan fingerprint density at radius 2 is 1.74 bits per heavy atom. The lowest BCUT2D eigenvalue weighted by Gasteiger charge is -2.41. The standard InChI is InChI=1S/C23H23NO3/c25-22-21-18(14-15-24(22)16-17-8-3-1-4-9-17)10-7-13-20(21)23(26)27-19-11-5-2-6-12-19/h1-12,18,20-21H,13-16H2/t18?,20-,21?/m0/s1. The number of nitrogens with zero attached hydrogens (tertiary/aromatic N) is 1. The second kappa shape index (κ2) is 7.78. The molecule has 1 amide bonds. The van der Waals surface area contributed by atoms with Crippen LogP contribution in [0.15, 0.2) is 72.8 Å². The van der Waals surface area contributed by atoms with Gasteiger partial charge in [0.2, 0.25) is 5.91 Å². The number of para-hydroxylation sites is 1. The highest BCUT2D eigenvalue weighted by atomic mass is 16.5. The summed E-state index contributed by atoms with van der Waals surface area (Å²) in [6.07, 6.45) is 5.57. The highest BCUT2D eigenvalue weighted by molar-refractivity contribution is 5.87. The van der Waals surface area contributed by atoms with E-state index in [0.29, 0.717) is 18.7 Å². The topological polar surface area (TPSA) is 46.6 Å². The molecule has 3 atom stereocenters. The molecule has 0 N–H and O–H groups in total. The molecule has 2 aromatic rings. The smallest absolute Gasteiger partial charge is 0.315 e. The van der Waals surface area contributed by atoms with Gasteiger partial charge in [-0.2, -0.15) is 0 Å². The predicted molar refractivity (Wildman–Crippen MR) is 103 cm³/mol. The van der Waals surface area contributed by atoms with Crippen LogP contribution in [0.5, 0.6) is 5.75 Å². The van der Waals surface area contributed by atoms with Crippen molar-refractivity contribution in [2.45, 2.75) is 19.4 Å². The Bertz CT molecular complexity index is 831. The van der Waals surface area contributed by atoms with Gasteiger partial charge in [0.05, 0.1) is 11.8 Å². The maximum atomic E-state index is 13.2. The van der Waals surface area contributed by atoms with E-state index in [4.69, 9.17) is 4.74 Å². The monoisotopic (exact) mass is 361 g/mol. The quantitative estimate of drug-likeness (QED) is 0.472. The molecule has 0 bridgehead atoms. The molecular weight excluding hydrogens is 338 g/mol. The number of hydrogen-bond acceptors (Lipinski definition) is 3. The van der Waals surface area contributed by atoms with Crippen LogP contribution in [0.1, 0.15) is 18.4 Å². The normalized spacial score (nSPS) is 24.4. The van der Waals surface area contributed by atoms with Crippen LogP contribution in [0.25, 0.3) is 0 Å². The van der Waals surface area contributed by atoms with E-state index >= 15 is 0 Å². The average molecular weight is 361 g/mol. The summed E-state index contributed by atoms with van der Waals surface area (Å²) in [5.41, 5.74) is 1.11. The van der Waals surface area contributed by atoms with Crippen LogP contribution in [0.3, 0.4) is 0 Å². The third kappa shape index (κ3) is 3.80. The lowest BCUT2D eigenvalue weighted by Crippen LogP contribution is -2.50. The number of hydrogen-bond donors (Lipinski definition) is 0. The summed E-state index contributed by atoms with van der Waals surface area (Å²) in [6, 6.07) is 19.1. The fourth-order valence-electron chi connectivity index (χ4n) is 4.11. The summed E-state index contributed by atoms with van der Waals surface area (Å²) in [7, 11) is 0. The Hall–Kier alpha value is -2.88. The van der Waals surface area contributed by atoms with Crippen molar-refractivity contribution in [2.24, 2.45) is 17.8 Å². The molecule has 1 saturated heterocycles. The molecule has 0 aromatic heterocycles. The summed E-state index contributed by atoms with van der Waals surface area (Å²) in [6.45, 7) is 1.31. The van der Waals surface area contributed by atoms with Crippen molar-refractivity contribution in [3.8, 4) is 5.75 Å². The SMILES string of the molecule is O=C(Oc1ccccc1)[C@H]1CC=CC2CCN(Cc3ccccc3)C(=O)C21. The highest BCUT2D eigenvalue weighted by Gasteiger charge is 2.45. The molecule has 4 rings (SSSR count). The van der Waals surface area contributed by atoms with Crippen molar-refractivity contribution < 1.29 is 14.3 Å². The summed E-state index contributed by atoms with van der Waals surface area (Å²) >= 11 is 0. The number of fused-ring (bicyclic) bond motifs is 1. The second-order valence-corrected chi connectivity index (χ2v) is 7.23. The molecular formula is C23H23NO3. The number of likely N-dealkylation sites (tertiary alicyclic amines) is 1. The lowest BCUT2D eigenvalue weighted by atomic mass is 9.71. The molecule has 4 nitrogen and oxygen atoms in total. The number of carbonyl (C=O) groups is 2. The van der Waals surface area contributed by atoms with E-state index < -0.39 is 5.92 Å². The highest BCUT2D eigenvalue weighted by Crippen LogP contribution is 2.38. The van der Waals surface area contributed by atoms with E-state index in [1.165, 1.54) is 0 Å². The predicted octanol–water partition coefficient (Wildman–Crippen LogP) is 3.83. The average Bonchev–Trinajstić information content (AvgIpc) is 2.71. The van der Waals surface area contributed by atoms with Gasteiger partial charge >= 0.3 is 5.97 Å². The van der Waals surface area contributed by atoms with Crippen molar-refractivity contribution in [1.82, 2.24) is 4.90 Å². The number of piperidine rings is 1. The number of esters is 1. The van der Waals surface area contributed by atoms with Crippen molar-refractivity contribution in [3.63, 3.8) is 0 Å². The van der Waals surface area contributed by atoms with Gasteiger partial charge in [0.1, 0.15) is 5.75 Å². The molecule has 0 spiro atoms. The zero-order valence-electron chi connectivity index (χ0n) is 15.2. The summed E-state index contributed by atoms with van der Waals surface area (Å²) < 4.78 is 5.56. The number of rotatable bonds is 4. The lowest BCUT2D eigenvalue weighted by molar-refractivity contribution is -0.153. The van der Waals surface area contributed by atoms with Crippen LogP contribution in [-0.4, -0.2) is 23.3 Å². The van der Waals surface area contributed by atoms with E-state index in [1.54, 1.807) is 12.1 Å². The molecule has 1 fully saturated rings.